The first-order chi connectivity index (χ1) is 9.13. The molecule has 0 unspecified atom stereocenters. The summed E-state index contributed by atoms with van der Waals surface area (Å²) >= 11 is 0. The highest BCUT2D eigenvalue weighted by Crippen LogP contribution is 1.95. The predicted octanol–water partition coefficient (Wildman–Crippen LogP) is 0.880. The van der Waals surface area contributed by atoms with E-state index in [0.29, 0.717) is 17.8 Å². The van der Waals surface area contributed by atoms with Crippen LogP contribution in [-0.2, 0) is 4.79 Å². The van der Waals surface area contributed by atoms with Gasteiger partial charge in [0.2, 0.25) is 5.91 Å². The number of hydrazone groups is 1. The molecule has 0 bridgehead atoms. The summed E-state index contributed by atoms with van der Waals surface area (Å²) < 4.78 is 0. The Morgan fingerprint density at radius 3 is 2.95 bits per heavy atom. The Balaban J connectivity index is 2.45. The van der Waals surface area contributed by atoms with Gasteiger partial charge in [-0.25, -0.2) is 5.43 Å². The van der Waals surface area contributed by atoms with Crippen molar-refractivity contribution in [2.45, 2.75) is 13.3 Å². The van der Waals surface area contributed by atoms with Crippen molar-refractivity contribution >= 4 is 17.5 Å². The number of nitrogens with zero attached hydrogens (tertiary/aromatic N) is 2. The molecular formula is C13H16N4O2. The van der Waals surface area contributed by atoms with E-state index in [4.69, 9.17) is 0 Å². The normalized spacial score (nSPS) is 10.7. The first kappa shape index (κ1) is 14.6. The van der Waals surface area contributed by atoms with Crippen LogP contribution in [0.2, 0.25) is 0 Å². The summed E-state index contributed by atoms with van der Waals surface area (Å²) in [5, 5.41) is 6.47. The molecule has 6 heteroatoms. The van der Waals surface area contributed by atoms with Crippen LogP contribution < -0.4 is 10.7 Å². The van der Waals surface area contributed by atoms with Crippen LogP contribution in [0, 0.1) is 0 Å². The lowest BCUT2D eigenvalue weighted by atomic mass is 10.3. The van der Waals surface area contributed by atoms with Crippen molar-refractivity contribution in [2.24, 2.45) is 5.10 Å². The van der Waals surface area contributed by atoms with Gasteiger partial charge in [0.25, 0.3) is 5.91 Å². The highest BCUT2D eigenvalue weighted by molar-refractivity contribution is 6.01. The second kappa shape index (κ2) is 7.75. The van der Waals surface area contributed by atoms with Crippen LogP contribution in [0.15, 0.2) is 42.3 Å². The van der Waals surface area contributed by atoms with Gasteiger partial charge in [0, 0.05) is 24.7 Å². The molecule has 6 nitrogen and oxygen atoms in total. The van der Waals surface area contributed by atoms with Crippen molar-refractivity contribution in [2.75, 3.05) is 6.54 Å². The summed E-state index contributed by atoms with van der Waals surface area (Å²) in [6.45, 7) is 5.57. The Morgan fingerprint density at radius 1 is 1.53 bits per heavy atom. The molecule has 0 aliphatic rings. The van der Waals surface area contributed by atoms with E-state index >= 15 is 0 Å². The Morgan fingerprint density at radius 2 is 2.32 bits per heavy atom. The van der Waals surface area contributed by atoms with E-state index in [2.05, 4.69) is 27.4 Å². The summed E-state index contributed by atoms with van der Waals surface area (Å²) in [5.74, 6) is -0.532. The average molecular weight is 260 g/mol. The van der Waals surface area contributed by atoms with Gasteiger partial charge in [-0.15, -0.1) is 6.58 Å². The zero-order valence-corrected chi connectivity index (χ0v) is 10.7. The van der Waals surface area contributed by atoms with Gasteiger partial charge < -0.3 is 5.32 Å². The zero-order chi connectivity index (χ0) is 14.1. The van der Waals surface area contributed by atoms with Gasteiger partial charge in [0.1, 0.15) is 0 Å². The minimum Gasteiger partial charge on any atom is -0.352 e. The maximum atomic E-state index is 11.6. The molecule has 1 aromatic heterocycles. The third-order valence-electron chi connectivity index (χ3n) is 2.13. The van der Waals surface area contributed by atoms with Crippen molar-refractivity contribution in [1.29, 1.82) is 0 Å². The molecule has 0 spiro atoms. The number of rotatable bonds is 6. The summed E-state index contributed by atoms with van der Waals surface area (Å²) in [6, 6.07) is 3.29. The molecule has 0 aliphatic carbocycles. The first-order valence-electron chi connectivity index (χ1n) is 5.74. The smallest absolute Gasteiger partial charge is 0.272 e. The van der Waals surface area contributed by atoms with E-state index in [1.54, 1.807) is 31.3 Å². The van der Waals surface area contributed by atoms with Crippen LogP contribution in [0.5, 0.6) is 0 Å². The Hall–Kier alpha value is -2.50. The maximum Gasteiger partial charge on any atom is 0.272 e. The van der Waals surface area contributed by atoms with Gasteiger partial charge >= 0.3 is 0 Å². The van der Waals surface area contributed by atoms with Gasteiger partial charge in [-0.3, -0.25) is 14.6 Å². The quantitative estimate of drug-likeness (QED) is 0.452. The van der Waals surface area contributed by atoms with Gasteiger partial charge in [0.05, 0.1) is 12.0 Å². The van der Waals surface area contributed by atoms with Gasteiger partial charge in [-0.05, 0) is 19.1 Å². The monoisotopic (exact) mass is 260 g/mol. The third-order valence-corrected chi connectivity index (χ3v) is 2.13. The molecule has 19 heavy (non-hydrogen) atoms. The van der Waals surface area contributed by atoms with Crippen LogP contribution in [0.4, 0.5) is 0 Å². The summed E-state index contributed by atoms with van der Waals surface area (Å²) in [6.07, 6.45) is 4.74. The van der Waals surface area contributed by atoms with Gasteiger partial charge in [-0.2, -0.15) is 5.10 Å². The van der Waals surface area contributed by atoms with Crippen molar-refractivity contribution in [3.05, 3.63) is 42.7 Å². The minimum atomic E-state index is -0.362. The third kappa shape index (κ3) is 5.58. The molecule has 0 aromatic carbocycles. The summed E-state index contributed by atoms with van der Waals surface area (Å²) in [7, 11) is 0. The van der Waals surface area contributed by atoms with Crippen molar-refractivity contribution in [3.63, 3.8) is 0 Å². The molecule has 1 aromatic rings. The van der Waals surface area contributed by atoms with Crippen molar-refractivity contribution in [3.8, 4) is 0 Å². The van der Waals surface area contributed by atoms with E-state index in [1.165, 1.54) is 6.20 Å². The number of hydrogen-bond acceptors (Lipinski definition) is 4. The average Bonchev–Trinajstić information content (AvgIpc) is 2.43. The minimum absolute atomic E-state index is 0.126. The fourth-order valence-electron chi connectivity index (χ4n) is 1.23. The molecule has 0 fully saturated rings. The lowest BCUT2D eigenvalue weighted by Gasteiger charge is -2.03. The Bertz CT molecular complexity index is 483. The van der Waals surface area contributed by atoms with E-state index < -0.39 is 0 Å². The zero-order valence-electron chi connectivity index (χ0n) is 10.7. The number of amides is 2. The highest BCUT2D eigenvalue weighted by atomic mass is 16.2. The number of pyridine rings is 1. The second-order valence-electron chi connectivity index (χ2n) is 3.80. The second-order valence-corrected chi connectivity index (χ2v) is 3.80. The van der Waals surface area contributed by atoms with E-state index in [0.717, 1.165) is 0 Å². The van der Waals surface area contributed by atoms with Crippen molar-refractivity contribution in [1.82, 2.24) is 15.7 Å². The molecule has 0 radical (unpaired) electrons. The van der Waals surface area contributed by atoms with Crippen LogP contribution in [0.25, 0.3) is 0 Å². The van der Waals surface area contributed by atoms with E-state index in [9.17, 15) is 9.59 Å². The van der Waals surface area contributed by atoms with Gasteiger partial charge in [-0.1, -0.05) is 6.08 Å². The van der Waals surface area contributed by atoms with E-state index in [1.807, 2.05) is 0 Å². The molecule has 2 N–H and O–H groups in total. The summed E-state index contributed by atoms with van der Waals surface area (Å²) in [4.78, 5) is 26.8. The molecule has 2 amide bonds. The number of carbonyl (C=O) groups is 2. The van der Waals surface area contributed by atoms with Gasteiger partial charge in [0.15, 0.2) is 0 Å². The molecule has 1 heterocycles. The molecule has 1 rings (SSSR count). The maximum absolute atomic E-state index is 11.6. The fraction of sp³-hybridized carbons (Fsp3) is 0.231. The molecule has 0 saturated heterocycles. The van der Waals surface area contributed by atoms with E-state index in [-0.39, 0.29) is 18.2 Å². The molecule has 0 atom stereocenters. The predicted molar refractivity (Wildman–Crippen MR) is 72.6 cm³/mol. The molecular weight excluding hydrogens is 244 g/mol. The SMILES string of the molecule is C=CCNC(=O)C/C(C)=N/NC(=O)c1cccnc1. The molecule has 100 valence electrons. The number of hydrogen-bond donors (Lipinski definition) is 2. The van der Waals surface area contributed by atoms with Crippen LogP contribution >= 0.6 is 0 Å². The lowest BCUT2D eigenvalue weighted by molar-refractivity contribution is -0.119. The highest BCUT2D eigenvalue weighted by Gasteiger charge is 2.05. The first-order valence-corrected chi connectivity index (χ1v) is 5.74. The number of carbonyl (C=O) groups excluding carboxylic acids is 2. The molecule has 0 aliphatic heterocycles. The topological polar surface area (TPSA) is 83.5 Å². The standard InChI is InChI=1S/C13H16N4O2/c1-3-6-15-12(18)8-10(2)16-17-13(19)11-5-4-7-14-9-11/h3-5,7,9H,1,6,8H2,2H3,(H,15,18)(H,17,19)/b16-10+. The Labute approximate surface area is 111 Å². The van der Waals surface area contributed by atoms with Crippen LogP contribution in [0.3, 0.4) is 0 Å². The largest absolute Gasteiger partial charge is 0.352 e. The summed E-state index contributed by atoms with van der Waals surface area (Å²) in [5.41, 5.74) is 3.29. The van der Waals surface area contributed by atoms with Crippen molar-refractivity contribution < 1.29 is 9.59 Å². The number of nitrogens with one attached hydrogen (secondary N) is 2. The fourth-order valence-corrected chi connectivity index (χ4v) is 1.23. The van der Waals surface area contributed by atoms with Crippen LogP contribution in [-0.4, -0.2) is 29.1 Å². The number of aromatic nitrogens is 1. The lowest BCUT2D eigenvalue weighted by Crippen LogP contribution is -2.26. The Kier molecular flexibility index (Phi) is 5.94. The van der Waals surface area contributed by atoms with Crippen LogP contribution in [0.1, 0.15) is 23.7 Å². The molecule has 0 saturated carbocycles.